The van der Waals surface area contributed by atoms with Crippen LogP contribution < -0.4 is 15.0 Å². The number of anilines is 3. The molecule has 37 heavy (non-hydrogen) atoms. The summed E-state index contributed by atoms with van der Waals surface area (Å²) in [7, 11) is 7.51. The van der Waals surface area contributed by atoms with Crippen LogP contribution in [0.25, 0.3) is 22.3 Å². The van der Waals surface area contributed by atoms with E-state index in [1.165, 1.54) is 6.07 Å². The molecule has 3 aromatic heterocycles. The van der Waals surface area contributed by atoms with E-state index in [-0.39, 0.29) is 16.6 Å². The standard InChI is InChI=1S/C25H29N9O3/c1-31(2)18-6-9-33(10-7-18)21-13-23(37-4)20(12-22(21)34(35)36)30-25-26-8-5-19(29-25)16-11-17-15-28-32(3)24(17)27-14-16/h5,8,11-15,18H,6-7,9-10H2,1-4H3,(H,26,29,30). The smallest absolute Gasteiger partial charge is 0.294 e. The molecular weight excluding hydrogens is 474 g/mol. The van der Waals surface area contributed by atoms with Crippen molar-refractivity contribution in [1.82, 2.24) is 29.6 Å². The van der Waals surface area contributed by atoms with Crippen LogP contribution in [0.5, 0.6) is 5.75 Å². The molecular formula is C25H29N9O3. The summed E-state index contributed by atoms with van der Waals surface area (Å²) in [5.41, 5.74) is 3.22. The molecule has 4 aromatic rings. The number of nitro benzene ring substituents is 1. The number of pyridine rings is 1. The lowest BCUT2D eigenvalue weighted by atomic mass is 10.0. The predicted octanol–water partition coefficient (Wildman–Crippen LogP) is 3.62. The van der Waals surface area contributed by atoms with Gasteiger partial charge in [0.05, 0.1) is 29.6 Å². The summed E-state index contributed by atoms with van der Waals surface area (Å²) >= 11 is 0. The summed E-state index contributed by atoms with van der Waals surface area (Å²) in [6, 6.07) is 7.43. The van der Waals surface area contributed by atoms with Crippen LogP contribution in [-0.4, -0.2) is 74.9 Å². The lowest BCUT2D eigenvalue weighted by Crippen LogP contribution is -2.42. The third-order valence-electron chi connectivity index (χ3n) is 6.80. The molecule has 1 N–H and O–H groups in total. The van der Waals surface area contributed by atoms with Crippen LogP contribution >= 0.6 is 0 Å². The zero-order valence-corrected chi connectivity index (χ0v) is 21.2. The summed E-state index contributed by atoms with van der Waals surface area (Å²) in [6.07, 6.45) is 6.98. The Hall–Kier alpha value is -4.32. The maximum Gasteiger partial charge on any atom is 0.294 e. The molecule has 5 rings (SSSR count). The Morgan fingerprint density at radius 2 is 1.95 bits per heavy atom. The molecule has 1 fully saturated rings. The average molecular weight is 504 g/mol. The number of aromatic nitrogens is 5. The SMILES string of the molecule is COc1cc(N2CCC(N(C)C)CC2)c([N+](=O)[O-])cc1Nc1nccc(-c2cnc3c(cnn3C)c2)n1. The highest BCUT2D eigenvalue weighted by Crippen LogP contribution is 2.40. The number of nitrogens with one attached hydrogen (secondary N) is 1. The molecule has 1 saturated heterocycles. The largest absolute Gasteiger partial charge is 0.494 e. The van der Waals surface area contributed by atoms with Gasteiger partial charge < -0.3 is 19.9 Å². The molecule has 1 aliphatic heterocycles. The van der Waals surface area contributed by atoms with Gasteiger partial charge in [-0.25, -0.2) is 15.0 Å². The molecule has 12 nitrogen and oxygen atoms in total. The van der Waals surface area contributed by atoms with Gasteiger partial charge in [-0.05, 0) is 39.1 Å². The number of benzene rings is 1. The van der Waals surface area contributed by atoms with Crippen molar-refractivity contribution < 1.29 is 9.66 Å². The Morgan fingerprint density at radius 1 is 1.16 bits per heavy atom. The van der Waals surface area contributed by atoms with E-state index >= 15 is 0 Å². The van der Waals surface area contributed by atoms with E-state index in [0.29, 0.717) is 28.9 Å². The number of aryl methyl sites for hydroxylation is 1. The second-order valence-corrected chi connectivity index (χ2v) is 9.28. The van der Waals surface area contributed by atoms with Gasteiger partial charge >= 0.3 is 0 Å². The lowest BCUT2D eigenvalue weighted by Gasteiger charge is -2.36. The van der Waals surface area contributed by atoms with Crippen molar-refractivity contribution in [2.24, 2.45) is 7.05 Å². The number of fused-ring (bicyclic) bond motifs is 1. The number of ether oxygens (including phenoxy) is 1. The van der Waals surface area contributed by atoms with Crippen LogP contribution in [-0.2, 0) is 7.05 Å². The minimum absolute atomic E-state index is 0.00832. The van der Waals surface area contributed by atoms with Crippen molar-refractivity contribution in [2.75, 3.05) is 44.5 Å². The van der Waals surface area contributed by atoms with E-state index in [1.54, 1.807) is 42.5 Å². The molecule has 192 valence electrons. The zero-order valence-electron chi connectivity index (χ0n) is 21.2. The zero-order chi connectivity index (χ0) is 26.1. The van der Waals surface area contributed by atoms with Gasteiger partial charge in [-0.1, -0.05) is 0 Å². The van der Waals surface area contributed by atoms with Gasteiger partial charge in [0.15, 0.2) is 5.65 Å². The van der Waals surface area contributed by atoms with Crippen LogP contribution in [0.2, 0.25) is 0 Å². The molecule has 12 heteroatoms. The fraction of sp³-hybridized carbons (Fsp3) is 0.360. The molecule has 1 aromatic carbocycles. The van der Waals surface area contributed by atoms with Gasteiger partial charge in [0.1, 0.15) is 11.4 Å². The highest BCUT2D eigenvalue weighted by Gasteiger charge is 2.28. The summed E-state index contributed by atoms with van der Waals surface area (Å²) < 4.78 is 7.32. The first-order valence-corrected chi connectivity index (χ1v) is 12.0. The topological polar surface area (TPSA) is 127 Å². The maximum atomic E-state index is 12.0. The Morgan fingerprint density at radius 3 is 2.65 bits per heavy atom. The minimum Gasteiger partial charge on any atom is -0.494 e. The van der Waals surface area contributed by atoms with Gasteiger partial charge in [-0.2, -0.15) is 5.10 Å². The summed E-state index contributed by atoms with van der Waals surface area (Å²) in [4.78, 5) is 29.4. The average Bonchev–Trinajstić information content (AvgIpc) is 3.28. The van der Waals surface area contributed by atoms with Gasteiger partial charge in [0.25, 0.3) is 5.69 Å². The van der Waals surface area contributed by atoms with E-state index < -0.39 is 0 Å². The van der Waals surface area contributed by atoms with Crippen LogP contribution in [0, 0.1) is 10.1 Å². The van der Waals surface area contributed by atoms with Crippen LogP contribution in [0.1, 0.15) is 12.8 Å². The Labute approximate surface area is 214 Å². The number of hydrogen-bond donors (Lipinski definition) is 1. The van der Waals surface area contributed by atoms with E-state index in [4.69, 9.17) is 4.74 Å². The third kappa shape index (κ3) is 4.87. The number of nitro groups is 1. The molecule has 0 saturated carbocycles. The summed E-state index contributed by atoms with van der Waals surface area (Å²) in [6.45, 7) is 1.47. The van der Waals surface area contributed by atoms with Gasteiger partial charge in [-0.15, -0.1) is 0 Å². The van der Waals surface area contributed by atoms with E-state index in [9.17, 15) is 10.1 Å². The Kier molecular flexibility index (Phi) is 6.57. The van der Waals surface area contributed by atoms with Gasteiger partial charge in [0.2, 0.25) is 5.95 Å². The van der Waals surface area contributed by atoms with Crippen LogP contribution in [0.3, 0.4) is 0 Å². The molecule has 0 bridgehead atoms. The summed E-state index contributed by atoms with van der Waals surface area (Å²) in [5, 5.41) is 20.3. The van der Waals surface area contributed by atoms with Crippen molar-refractivity contribution in [2.45, 2.75) is 18.9 Å². The maximum absolute atomic E-state index is 12.0. The van der Waals surface area contributed by atoms with Crippen molar-refractivity contribution in [1.29, 1.82) is 0 Å². The molecule has 0 amide bonds. The third-order valence-corrected chi connectivity index (χ3v) is 6.80. The van der Waals surface area contributed by atoms with Crippen LogP contribution in [0.15, 0.2) is 42.9 Å². The molecule has 1 aliphatic rings. The van der Waals surface area contributed by atoms with E-state index in [2.05, 4.69) is 49.3 Å². The van der Waals surface area contributed by atoms with Crippen molar-refractivity contribution in [3.05, 3.63) is 53.0 Å². The first kappa shape index (κ1) is 24.4. The second kappa shape index (κ2) is 9.97. The fourth-order valence-corrected chi connectivity index (χ4v) is 4.73. The highest BCUT2D eigenvalue weighted by atomic mass is 16.6. The first-order valence-electron chi connectivity index (χ1n) is 12.0. The monoisotopic (exact) mass is 503 g/mol. The second-order valence-electron chi connectivity index (χ2n) is 9.28. The number of piperidine rings is 1. The van der Waals surface area contributed by atoms with Gasteiger partial charge in [-0.3, -0.25) is 14.8 Å². The number of rotatable bonds is 7. The fourth-order valence-electron chi connectivity index (χ4n) is 4.73. The van der Waals surface area contributed by atoms with E-state index in [0.717, 1.165) is 42.5 Å². The van der Waals surface area contributed by atoms with Crippen molar-refractivity contribution in [3.63, 3.8) is 0 Å². The van der Waals surface area contributed by atoms with E-state index in [1.807, 2.05) is 13.1 Å². The lowest BCUT2D eigenvalue weighted by molar-refractivity contribution is -0.384. The molecule has 0 spiro atoms. The predicted molar refractivity (Wildman–Crippen MR) is 141 cm³/mol. The normalized spacial score (nSPS) is 14.4. The highest BCUT2D eigenvalue weighted by molar-refractivity contribution is 5.80. The number of nitrogens with zero attached hydrogens (tertiary/aromatic N) is 8. The van der Waals surface area contributed by atoms with Gasteiger partial charge in [0, 0.05) is 61.7 Å². The van der Waals surface area contributed by atoms with Crippen molar-refractivity contribution in [3.8, 4) is 17.0 Å². The Balaban J connectivity index is 1.44. The van der Waals surface area contributed by atoms with Crippen LogP contribution in [0.4, 0.5) is 23.0 Å². The molecule has 0 unspecified atom stereocenters. The minimum atomic E-state index is -0.357. The quantitative estimate of drug-likeness (QED) is 0.295. The first-order chi connectivity index (χ1) is 17.8. The number of methoxy groups -OCH3 is 1. The summed E-state index contributed by atoms with van der Waals surface area (Å²) in [5.74, 6) is 0.763. The Bertz CT molecular complexity index is 1440. The molecule has 4 heterocycles. The molecule has 0 radical (unpaired) electrons. The number of hydrogen-bond acceptors (Lipinski definition) is 10. The van der Waals surface area contributed by atoms with Crippen molar-refractivity contribution >= 4 is 34.0 Å². The molecule has 0 atom stereocenters. The molecule has 0 aliphatic carbocycles.